The third-order valence-electron chi connectivity index (χ3n) is 3.95. The van der Waals surface area contributed by atoms with Crippen molar-refractivity contribution < 1.29 is 29.0 Å². The number of hydrogen-bond donors (Lipinski definition) is 1. The monoisotopic (exact) mass is 509 g/mol. The average Bonchev–Trinajstić information content (AvgIpc) is 2.95. The van der Waals surface area contributed by atoms with Gasteiger partial charge in [-0.05, 0) is 60.3 Å². The normalized spacial score (nSPS) is 15.0. The van der Waals surface area contributed by atoms with Gasteiger partial charge in [0.25, 0.3) is 11.1 Å². The van der Waals surface area contributed by atoms with Crippen LogP contribution < -0.4 is 4.74 Å². The van der Waals surface area contributed by atoms with Crippen LogP contribution in [0.5, 0.6) is 5.75 Å². The van der Waals surface area contributed by atoms with E-state index in [1.54, 1.807) is 30.3 Å². The van der Waals surface area contributed by atoms with Crippen LogP contribution >= 0.6 is 39.3 Å². The molecule has 0 aliphatic carbocycles. The molecule has 1 aliphatic heterocycles. The molecule has 1 fully saturated rings. The minimum atomic E-state index is -1.15. The van der Waals surface area contributed by atoms with Crippen molar-refractivity contribution in [3.05, 3.63) is 68.0 Å². The lowest BCUT2D eigenvalue weighted by molar-refractivity contribution is -0.139. The smallest absolute Gasteiger partial charge is 0.341 e. The second kappa shape index (κ2) is 9.46. The molecular formula is C20H13BrClNO6S. The van der Waals surface area contributed by atoms with Crippen molar-refractivity contribution in [1.82, 2.24) is 4.90 Å². The second-order valence-corrected chi connectivity index (χ2v) is 8.41. The average molecular weight is 511 g/mol. The fraction of sp³-hybridized carbons (Fsp3) is 0.100. The SMILES string of the molecule is O=C(O)COc1ccc(Br)cc1/C=C1/SC(=O)N(CC(=O)c2ccc(Cl)cc2)C1=O. The summed E-state index contributed by atoms with van der Waals surface area (Å²) in [7, 11) is 0. The molecule has 0 atom stereocenters. The van der Waals surface area contributed by atoms with Crippen LogP contribution in [0.3, 0.4) is 0 Å². The van der Waals surface area contributed by atoms with E-state index in [0.29, 0.717) is 32.4 Å². The zero-order valence-corrected chi connectivity index (χ0v) is 18.3. The highest BCUT2D eigenvalue weighted by molar-refractivity contribution is 9.10. The van der Waals surface area contributed by atoms with Crippen molar-refractivity contribution in [3.8, 4) is 5.75 Å². The van der Waals surface area contributed by atoms with Crippen molar-refractivity contribution in [2.24, 2.45) is 0 Å². The molecule has 0 saturated carbocycles. The number of halogens is 2. The fourth-order valence-electron chi connectivity index (χ4n) is 2.55. The summed E-state index contributed by atoms with van der Waals surface area (Å²) < 4.78 is 5.91. The van der Waals surface area contributed by atoms with E-state index in [0.717, 1.165) is 4.90 Å². The Kier molecular flexibility index (Phi) is 6.96. The Morgan fingerprint density at radius 3 is 2.53 bits per heavy atom. The first-order chi connectivity index (χ1) is 14.2. The molecule has 0 spiro atoms. The number of nitrogens with zero attached hydrogens (tertiary/aromatic N) is 1. The molecule has 10 heteroatoms. The van der Waals surface area contributed by atoms with E-state index in [9.17, 15) is 19.2 Å². The summed E-state index contributed by atoms with van der Waals surface area (Å²) in [5.41, 5.74) is 0.749. The number of carboxylic acid groups (broad SMARTS) is 1. The van der Waals surface area contributed by atoms with Crippen LogP contribution in [0.25, 0.3) is 6.08 Å². The number of carbonyl (C=O) groups is 4. The summed E-state index contributed by atoms with van der Waals surface area (Å²) in [6.07, 6.45) is 1.43. The maximum atomic E-state index is 12.7. The molecular weight excluding hydrogens is 498 g/mol. The fourth-order valence-corrected chi connectivity index (χ4v) is 3.89. The molecule has 0 bridgehead atoms. The second-order valence-electron chi connectivity index (χ2n) is 6.06. The number of carboxylic acids is 1. The van der Waals surface area contributed by atoms with Gasteiger partial charge in [-0.3, -0.25) is 19.3 Å². The molecule has 1 heterocycles. The van der Waals surface area contributed by atoms with Crippen LogP contribution in [0.2, 0.25) is 5.02 Å². The maximum absolute atomic E-state index is 12.7. The van der Waals surface area contributed by atoms with Gasteiger partial charge in [-0.25, -0.2) is 4.79 Å². The largest absolute Gasteiger partial charge is 0.481 e. The first-order valence-corrected chi connectivity index (χ1v) is 10.4. The third kappa shape index (κ3) is 5.29. The minimum absolute atomic E-state index is 0.0992. The van der Waals surface area contributed by atoms with E-state index in [-0.39, 0.29) is 10.7 Å². The van der Waals surface area contributed by atoms with E-state index < -0.39 is 36.1 Å². The lowest BCUT2D eigenvalue weighted by Crippen LogP contribution is -2.33. The molecule has 1 saturated heterocycles. The number of carbonyl (C=O) groups excluding carboxylic acids is 3. The number of rotatable bonds is 7. The van der Waals surface area contributed by atoms with Crippen molar-refractivity contribution in [2.75, 3.05) is 13.2 Å². The zero-order valence-electron chi connectivity index (χ0n) is 15.1. The van der Waals surface area contributed by atoms with Gasteiger partial charge in [-0.15, -0.1) is 0 Å². The number of thioether (sulfide) groups is 1. The van der Waals surface area contributed by atoms with E-state index in [1.165, 1.54) is 18.2 Å². The number of ether oxygens (including phenoxy) is 1. The predicted molar refractivity (Wildman–Crippen MR) is 116 cm³/mol. The van der Waals surface area contributed by atoms with Gasteiger partial charge >= 0.3 is 5.97 Å². The van der Waals surface area contributed by atoms with Gasteiger partial charge in [0.15, 0.2) is 12.4 Å². The highest BCUT2D eigenvalue weighted by Gasteiger charge is 2.36. The van der Waals surface area contributed by atoms with Gasteiger partial charge in [-0.1, -0.05) is 27.5 Å². The van der Waals surface area contributed by atoms with Crippen LogP contribution in [-0.2, 0) is 9.59 Å². The Morgan fingerprint density at radius 2 is 1.87 bits per heavy atom. The molecule has 0 unspecified atom stereocenters. The van der Waals surface area contributed by atoms with Gasteiger partial charge in [-0.2, -0.15) is 0 Å². The van der Waals surface area contributed by atoms with Crippen LogP contribution in [0.15, 0.2) is 51.8 Å². The minimum Gasteiger partial charge on any atom is -0.481 e. The summed E-state index contributed by atoms with van der Waals surface area (Å²) in [5, 5.41) is 8.71. The van der Waals surface area contributed by atoms with Gasteiger partial charge in [0.05, 0.1) is 11.4 Å². The number of aliphatic carboxylic acids is 1. The Morgan fingerprint density at radius 1 is 1.17 bits per heavy atom. The van der Waals surface area contributed by atoms with Crippen molar-refractivity contribution >= 4 is 68.3 Å². The van der Waals surface area contributed by atoms with Crippen LogP contribution in [0, 0.1) is 0 Å². The van der Waals surface area contributed by atoms with Crippen molar-refractivity contribution in [2.45, 2.75) is 0 Å². The quantitative estimate of drug-likeness (QED) is 0.433. The Balaban J connectivity index is 1.81. The van der Waals surface area contributed by atoms with Crippen molar-refractivity contribution in [3.63, 3.8) is 0 Å². The van der Waals surface area contributed by atoms with E-state index in [1.807, 2.05) is 0 Å². The first-order valence-electron chi connectivity index (χ1n) is 8.43. The van der Waals surface area contributed by atoms with Crippen LogP contribution in [0.1, 0.15) is 15.9 Å². The van der Waals surface area contributed by atoms with E-state index in [2.05, 4.69) is 15.9 Å². The lowest BCUT2D eigenvalue weighted by Gasteiger charge is -2.11. The Hall–Kier alpha value is -2.62. The molecule has 1 aliphatic rings. The third-order valence-corrected chi connectivity index (χ3v) is 5.60. The van der Waals surface area contributed by atoms with E-state index >= 15 is 0 Å². The number of amides is 2. The van der Waals surface area contributed by atoms with Crippen molar-refractivity contribution in [1.29, 1.82) is 0 Å². The summed E-state index contributed by atoms with van der Waals surface area (Å²) in [5.74, 6) is -1.92. The highest BCUT2D eigenvalue weighted by Crippen LogP contribution is 2.35. The summed E-state index contributed by atoms with van der Waals surface area (Å²) in [6, 6.07) is 11.0. The highest BCUT2D eigenvalue weighted by atomic mass is 79.9. The Bertz CT molecular complexity index is 1070. The molecule has 154 valence electrons. The summed E-state index contributed by atoms with van der Waals surface area (Å²) in [6.45, 7) is -0.954. The molecule has 2 amide bonds. The number of imide groups is 1. The van der Waals surface area contributed by atoms with Crippen LogP contribution in [-0.4, -0.2) is 46.1 Å². The number of ketones is 1. The van der Waals surface area contributed by atoms with Gasteiger partial charge in [0.2, 0.25) is 0 Å². The maximum Gasteiger partial charge on any atom is 0.341 e. The molecule has 3 rings (SSSR count). The van der Waals surface area contributed by atoms with Gasteiger partial charge in [0.1, 0.15) is 5.75 Å². The number of benzene rings is 2. The number of Topliss-reactive ketones (excluding diaryl/α,β-unsaturated/α-hetero) is 1. The summed E-state index contributed by atoms with van der Waals surface area (Å²) >= 11 is 9.80. The lowest BCUT2D eigenvalue weighted by atomic mass is 10.1. The van der Waals surface area contributed by atoms with Gasteiger partial charge < -0.3 is 9.84 Å². The molecule has 1 N–H and O–H groups in total. The van der Waals surface area contributed by atoms with Crippen LogP contribution in [0.4, 0.5) is 4.79 Å². The van der Waals surface area contributed by atoms with Gasteiger partial charge in [0, 0.05) is 20.6 Å². The molecule has 30 heavy (non-hydrogen) atoms. The molecule has 2 aromatic rings. The number of hydrogen-bond acceptors (Lipinski definition) is 6. The molecule has 0 radical (unpaired) electrons. The summed E-state index contributed by atoms with van der Waals surface area (Å²) in [4.78, 5) is 49.2. The molecule has 2 aromatic carbocycles. The zero-order chi connectivity index (χ0) is 21.8. The standard InChI is InChI=1S/C20H13BrClNO6S/c21-13-3-6-16(29-10-18(25)26)12(7-13)8-17-19(27)23(20(28)30-17)9-15(24)11-1-4-14(22)5-2-11/h1-8H,9-10H2,(H,25,26)/b17-8+. The topological polar surface area (TPSA) is 101 Å². The predicted octanol–water partition coefficient (Wildman–Crippen LogP) is 4.49. The van der Waals surface area contributed by atoms with E-state index in [4.69, 9.17) is 21.4 Å². The Labute approximate surface area is 188 Å². The first kappa shape index (κ1) is 22.1. The molecule has 7 nitrogen and oxygen atoms in total. The molecule has 0 aromatic heterocycles.